The minimum Gasteiger partial charge on any atom is -0.481 e. The van der Waals surface area contributed by atoms with Gasteiger partial charge in [0.15, 0.2) is 0 Å². The van der Waals surface area contributed by atoms with E-state index >= 15 is 0 Å². The topological polar surface area (TPSA) is 66.4 Å². The number of carboxylic acid groups (broad SMARTS) is 1. The lowest BCUT2D eigenvalue weighted by atomic mass is 9.94. The Morgan fingerprint density at radius 3 is 2.60 bits per heavy atom. The number of nitrogens with one attached hydrogen (secondary N) is 1. The first-order valence-corrected chi connectivity index (χ1v) is 7.57. The fraction of sp³-hybridized carbons (Fsp3) is 0.467. The maximum Gasteiger partial charge on any atom is 0.307 e. The van der Waals surface area contributed by atoms with Crippen molar-refractivity contribution < 1.29 is 14.7 Å². The van der Waals surface area contributed by atoms with Gasteiger partial charge in [-0.15, -0.1) is 0 Å². The third-order valence-electron chi connectivity index (χ3n) is 3.90. The Balaban J connectivity index is 2.04. The molecule has 1 aliphatic rings. The highest BCUT2D eigenvalue weighted by molar-refractivity contribution is 9.10. The zero-order chi connectivity index (χ0) is 14.7. The van der Waals surface area contributed by atoms with Crippen molar-refractivity contribution in [2.24, 2.45) is 11.8 Å². The quantitative estimate of drug-likeness (QED) is 0.885. The van der Waals surface area contributed by atoms with E-state index in [1.54, 1.807) is 0 Å². The maximum absolute atomic E-state index is 12.3. The van der Waals surface area contributed by atoms with Gasteiger partial charge in [0, 0.05) is 4.47 Å². The molecule has 2 rings (SSSR count). The molecule has 20 heavy (non-hydrogen) atoms. The number of hydrogen-bond acceptors (Lipinski definition) is 2. The number of benzene rings is 1. The van der Waals surface area contributed by atoms with E-state index in [1.165, 1.54) is 0 Å². The van der Waals surface area contributed by atoms with E-state index in [0.717, 1.165) is 16.5 Å². The fourth-order valence-corrected chi connectivity index (χ4v) is 3.42. The van der Waals surface area contributed by atoms with E-state index in [9.17, 15) is 9.59 Å². The molecule has 0 saturated heterocycles. The number of aliphatic carboxylic acids is 1. The van der Waals surface area contributed by atoms with Gasteiger partial charge in [0.25, 0.3) is 0 Å². The second kappa shape index (κ2) is 6.39. The van der Waals surface area contributed by atoms with Crippen molar-refractivity contribution in [3.05, 3.63) is 34.3 Å². The lowest BCUT2D eigenvalue weighted by Crippen LogP contribution is -2.36. The summed E-state index contributed by atoms with van der Waals surface area (Å²) < 4.78 is 0.939. The molecule has 5 heteroatoms. The number of carbonyl (C=O) groups excluding carboxylic acids is 1. The second-order valence-corrected chi connectivity index (χ2v) is 6.09. The highest BCUT2D eigenvalue weighted by atomic mass is 79.9. The van der Waals surface area contributed by atoms with E-state index in [0.29, 0.717) is 12.8 Å². The summed E-state index contributed by atoms with van der Waals surface area (Å²) in [5, 5.41) is 12.1. The van der Waals surface area contributed by atoms with Crippen molar-refractivity contribution in [2.75, 3.05) is 0 Å². The molecule has 1 saturated carbocycles. The molecule has 0 heterocycles. The van der Waals surface area contributed by atoms with Crippen LogP contribution in [0.5, 0.6) is 0 Å². The maximum atomic E-state index is 12.3. The largest absolute Gasteiger partial charge is 0.481 e. The summed E-state index contributed by atoms with van der Waals surface area (Å²) in [5.74, 6) is -1.96. The van der Waals surface area contributed by atoms with Crippen LogP contribution in [-0.4, -0.2) is 17.0 Å². The predicted octanol–water partition coefficient (Wildman–Crippen LogP) is 3.13. The van der Waals surface area contributed by atoms with Crippen molar-refractivity contribution >= 4 is 27.8 Å². The predicted molar refractivity (Wildman–Crippen MR) is 79.2 cm³/mol. The third kappa shape index (κ3) is 3.20. The number of carboxylic acids is 1. The number of rotatable bonds is 4. The lowest BCUT2D eigenvalue weighted by molar-refractivity contribution is -0.146. The molecule has 3 atom stereocenters. The van der Waals surface area contributed by atoms with Gasteiger partial charge < -0.3 is 10.4 Å². The molecule has 2 unspecified atom stereocenters. The van der Waals surface area contributed by atoms with Gasteiger partial charge in [-0.3, -0.25) is 9.59 Å². The van der Waals surface area contributed by atoms with E-state index < -0.39 is 17.8 Å². The van der Waals surface area contributed by atoms with Crippen LogP contribution < -0.4 is 5.32 Å². The standard InChI is InChI=1S/C15H18BrNO3/c1-9(10-5-2-3-8-13(10)16)17-14(18)11-6-4-7-12(11)15(19)20/h2-3,5,8-9,11-12H,4,6-7H2,1H3,(H,17,18)(H,19,20)/t9-,11?,12?/m0/s1. The number of hydrogen-bond donors (Lipinski definition) is 2. The molecule has 1 aromatic rings. The molecule has 4 nitrogen and oxygen atoms in total. The first kappa shape index (κ1) is 15.0. The summed E-state index contributed by atoms with van der Waals surface area (Å²) in [7, 11) is 0. The number of carbonyl (C=O) groups is 2. The first-order valence-electron chi connectivity index (χ1n) is 6.78. The van der Waals surface area contributed by atoms with Crippen LogP contribution in [0.2, 0.25) is 0 Å². The van der Waals surface area contributed by atoms with Crippen molar-refractivity contribution in [3.63, 3.8) is 0 Å². The van der Waals surface area contributed by atoms with Crippen LogP contribution in [0.1, 0.15) is 37.8 Å². The lowest BCUT2D eigenvalue weighted by Gasteiger charge is -2.20. The molecule has 0 spiro atoms. The van der Waals surface area contributed by atoms with E-state index in [2.05, 4.69) is 21.2 Å². The van der Waals surface area contributed by atoms with Crippen LogP contribution in [0.4, 0.5) is 0 Å². The Kier molecular flexibility index (Phi) is 4.81. The Labute approximate surface area is 126 Å². The molecule has 0 bridgehead atoms. The van der Waals surface area contributed by atoms with Gasteiger partial charge in [-0.25, -0.2) is 0 Å². The smallest absolute Gasteiger partial charge is 0.307 e. The van der Waals surface area contributed by atoms with E-state index in [4.69, 9.17) is 5.11 Å². The van der Waals surface area contributed by atoms with Gasteiger partial charge in [-0.05, 0) is 31.4 Å². The van der Waals surface area contributed by atoms with Crippen LogP contribution in [-0.2, 0) is 9.59 Å². The average molecular weight is 340 g/mol. The van der Waals surface area contributed by atoms with Gasteiger partial charge in [0.2, 0.25) is 5.91 Å². The molecule has 108 valence electrons. The minimum atomic E-state index is -0.865. The summed E-state index contributed by atoms with van der Waals surface area (Å²) in [6, 6.07) is 7.55. The van der Waals surface area contributed by atoms with Crippen LogP contribution in [0, 0.1) is 11.8 Å². The van der Waals surface area contributed by atoms with Crippen LogP contribution in [0.3, 0.4) is 0 Å². The summed E-state index contributed by atoms with van der Waals surface area (Å²) in [6.45, 7) is 1.91. The zero-order valence-corrected chi connectivity index (χ0v) is 12.9. The van der Waals surface area contributed by atoms with Gasteiger partial charge in [0.05, 0.1) is 17.9 Å². The molecule has 0 aliphatic heterocycles. The van der Waals surface area contributed by atoms with E-state index in [1.807, 2.05) is 31.2 Å². The average Bonchev–Trinajstić information content (AvgIpc) is 2.88. The second-order valence-electron chi connectivity index (χ2n) is 5.23. The minimum absolute atomic E-state index is 0.145. The molecule has 0 aromatic heterocycles. The Bertz CT molecular complexity index is 518. The summed E-state index contributed by atoms with van der Waals surface area (Å²) in [4.78, 5) is 23.4. The van der Waals surface area contributed by atoms with Crippen molar-refractivity contribution in [2.45, 2.75) is 32.2 Å². The van der Waals surface area contributed by atoms with Gasteiger partial charge in [-0.1, -0.05) is 40.5 Å². The number of halogens is 1. The normalized spacial score (nSPS) is 23.3. The van der Waals surface area contributed by atoms with Crippen molar-refractivity contribution in [3.8, 4) is 0 Å². The highest BCUT2D eigenvalue weighted by Crippen LogP contribution is 2.33. The molecule has 1 aliphatic carbocycles. The third-order valence-corrected chi connectivity index (χ3v) is 4.62. The monoisotopic (exact) mass is 339 g/mol. The van der Waals surface area contributed by atoms with Gasteiger partial charge >= 0.3 is 5.97 Å². The molecule has 1 amide bonds. The molecule has 1 aromatic carbocycles. The molecular weight excluding hydrogens is 322 g/mol. The molecule has 0 radical (unpaired) electrons. The Hall–Kier alpha value is -1.36. The Morgan fingerprint density at radius 2 is 1.95 bits per heavy atom. The number of amides is 1. The molecule has 2 N–H and O–H groups in total. The van der Waals surface area contributed by atoms with Crippen LogP contribution >= 0.6 is 15.9 Å². The SMILES string of the molecule is C[C@H](NC(=O)C1CCCC1C(=O)O)c1ccccc1Br. The van der Waals surface area contributed by atoms with Gasteiger partial charge in [-0.2, -0.15) is 0 Å². The van der Waals surface area contributed by atoms with Crippen molar-refractivity contribution in [1.82, 2.24) is 5.32 Å². The summed E-state index contributed by atoms with van der Waals surface area (Å²) in [6.07, 6.45) is 2.06. The summed E-state index contributed by atoms with van der Waals surface area (Å²) in [5.41, 5.74) is 0.991. The van der Waals surface area contributed by atoms with Gasteiger partial charge in [0.1, 0.15) is 0 Å². The van der Waals surface area contributed by atoms with Crippen LogP contribution in [0.15, 0.2) is 28.7 Å². The van der Waals surface area contributed by atoms with Crippen molar-refractivity contribution in [1.29, 1.82) is 0 Å². The molecule has 1 fully saturated rings. The zero-order valence-electron chi connectivity index (χ0n) is 11.3. The highest BCUT2D eigenvalue weighted by Gasteiger charge is 2.38. The fourth-order valence-electron chi connectivity index (χ4n) is 2.79. The summed E-state index contributed by atoms with van der Waals surface area (Å²) >= 11 is 3.46. The molecular formula is C15H18BrNO3. The first-order chi connectivity index (χ1) is 9.50. The van der Waals surface area contributed by atoms with Crippen LogP contribution in [0.25, 0.3) is 0 Å². The van der Waals surface area contributed by atoms with E-state index in [-0.39, 0.29) is 11.9 Å². The Morgan fingerprint density at radius 1 is 1.30 bits per heavy atom.